The number of hydrogen-bond donors (Lipinski definition) is 1. The second-order valence-electron chi connectivity index (χ2n) is 4.90. The molecule has 2 aromatic rings. The summed E-state index contributed by atoms with van der Waals surface area (Å²) in [6, 6.07) is 12.6. The van der Waals surface area contributed by atoms with Crippen LogP contribution in [0.4, 0.5) is 4.39 Å². The molecule has 0 aliphatic heterocycles. The van der Waals surface area contributed by atoms with E-state index in [0.29, 0.717) is 25.4 Å². The molecule has 0 aliphatic carbocycles. The third-order valence-electron chi connectivity index (χ3n) is 3.04. The standard InChI is InChI=1S/C16H18FNO3S/c1-22(19,20)16-8-6-15(7-9-16)21-11-10-18-12-13-2-4-14(17)5-3-13/h2-9,18H,10-12H2,1H3. The van der Waals surface area contributed by atoms with Gasteiger partial charge < -0.3 is 10.1 Å². The van der Waals surface area contributed by atoms with E-state index < -0.39 is 9.84 Å². The van der Waals surface area contributed by atoms with Crippen molar-refractivity contribution in [2.75, 3.05) is 19.4 Å². The lowest BCUT2D eigenvalue weighted by molar-refractivity contribution is 0.313. The largest absolute Gasteiger partial charge is 0.492 e. The first-order valence-corrected chi connectivity index (χ1v) is 8.72. The predicted octanol–water partition coefficient (Wildman–Crippen LogP) is 2.40. The number of hydrogen-bond acceptors (Lipinski definition) is 4. The van der Waals surface area contributed by atoms with Gasteiger partial charge in [0, 0.05) is 19.3 Å². The lowest BCUT2D eigenvalue weighted by Gasteiger charge is -2.08. The molecule has 0 saturated carbocycles. The van der Waals surface area contributed by atoms with Crippen molar-refractivity contribution in [3.63, 3.8) is 0 Å². The molecule has 0 spiro atoms. The molecule has 0 radical (unpaired) electrons. The highest BCUT2D eigenvalue weighted by molar-refractivity contribution is 7.90. The number of benzene rings is 2. The van der Waals surface area contributed by atoms with E-state index in [4.69, 9.17) is 4.74 Å². The highest BCUT2D eigenvalue weighted by atomic mass is 32.2. The Morgan fingerprint density at radius 1 is 1.05 bits per heavy atom. The predicted molar refractivity (Wildman–Crippen MR) is 83.2 cm³/mol. The monoisotopic (exact) mass is 323 g/mol. The minimum Gasteiger partial charge on any atom is -0.492 e. The van der Waals surface area contributed by atoms with Gasteiger partial charge in [0.25, 0.3) is 0 Å². The summed E-state index contributed by atoms with van der Waals surface area (Å²) < 4.78 is 40.9. The van der Waals surface area contributed by atoms with Crippen molar-refractivity contribution in [1.29, 1.82) is 0 Å². The fraction of sp³-hybridized carbons (Fsp3) is 0.250. The van der Waals surface area contributed by atoms with Gasteiger partial charge in [0.2, 0.25) is 0 Å². The Kier molecular flexibility index (Phi) is 5.51. The highest BCUT2D eigenvalue weighted by Gasteiger charge is 2.06. The summed E-state index contributed by atoms with van der Waals surface area (Å²) in [7, 11) is -3.18. The van der Waals surface area contributed by atoms with Crippen LogP contribution < -0.4 is 10.1 Å². The molecule has 118 valence electrons. The van der Waals surface area contributed by atoms with Gasteiger partial charge in [-0.05, 0) is 42.0 Å². The first-order chi connectivity index (χ1) is 10.4. The average molecular weight is 323 g/mol. The van der Waals surface area contributed by atoms with E-state index >= 15 is 0 Å². The summed E-state index contributed by atoms with van der Waals surface area (Å²) in [5.74, 6) is 0.376. The number of nitrogens with one attached hydrogen (secondary N) is 1. The first-order valence-electron chi connectivity index (χ1n) is 6.83. The average Bonchev–Trinajstić information content (AvgIpc) is 2.48. The maximum Gasteiger partial charge on any atom is 0.175 e. The smallest absolute Gasteiger partial charge is 0.175 e. The van der Waals surface area contributed by atoms with E-state index in [2.05, 4.69) is 5.32 Å². The molecular formula is C16H18FNO3S. The summed E-state index contributed by atoms with van der Waals surface area (Å²) >= 11 is 0. The van der Waals surface area contributed by atoms with Gasteiger partial charge >= 0.3 is 0 Å². The Balaban J connectivity index is 1.71. The van der Waals surface area contributed by atoms with Gasteiger partial charge in [-0.1, -0.05) is 12.1 Å². The fourth-order valence-electron chi connectivity index (χ4n) is 1.86. The number of rotatable bonds is 7. The lowest BCUT2D eigenvalue weighted by atomic mass is 10.2. The Morgan fingerprint density at radius 2 is 1.68 bits per heavy atom. The molecular weight excluding hydrogens is 305 g/mol. The molecule has 1 N–H and O–H groups in total. The molecule has 2 aromatic carbocycles. The van der Waals surface area contributed by atoms with Crippen LogP contribution in [0.2, 0.25) is 0 Å². The number of ether oxygens (including phenoxy) is 1. The summed E-state index contributed by atoms with van der Waals surface area (Å²) in [6.07, 6.45) is 1.17. The van der Waals surface area contributed by atoms with Crippen LogP contribution in [0.1, 0.15) is 5.56 Å². The molecule has 0 atom stereocenters. The summed E-state index contributed by atoms with van der Waals surface area (Å²) in [6.45, 7) is 1.72. The van der Waals surface area contributed by atoms with Gasteiger partial charge in [-0.2, -0.15) is 0 Å². The molecule has 0 aromatic heterocycles. The van der Waals surface area contributed by atoms with Gasteiger partial charge in [-0.15, -0.1) is 0 Å². The van der Waals surface area contributed by atoms with Crippen LogP contribution in [0, 0.1) is 5.82 Å². The van der Waals surface area contributed by atoms with Crippen molar-refractivity contribution >= 4 is 9.84 Å². The van der Waals surface area contributed by atoms with Crippen molar-refractivity contribution in [3.8, 4) is 5.75 Å². The third kappa shape index (κ3) is 5.13. The molecule has 4 nitrogen and oxygen atoms in total. The van der Waals surface area contributed by atoms with Gasteiger partial charge in [-0.25, -0.2) is 12.8 Å². The van der Waals surface area contributed by atoms with Crippen LogP contribution in [0.25, 0.3) is 0 Å². The van der Waals surface area contributed by atoms with Gasteiger partial charge in [0.05, 0.1) is 4.90 Å². The van der Waals surface area contributed by atoms with Crippen molar-refractivity contribution in [2.45, 2.75) is 11.4 Å². The summed E-state index contributed by atoms with van der Waals surface area (Å²) in [5.41, 5.74) is 0.999. The number of halogens is 1. The van der Waals surface area contributed by atoms with Gasteiger partial charge in [-0.3, -0.25) is 0 Å². The third-order valence-corrected chi connectivity index (χ3v) is 4.17. The second-order valence-corrected chi connectivity index (χ2v) is 6.91. The summed E-state index contributed by atoms with van der Waals surface area (Å²) in [5, 5.41) is 3.18. The van der Waals surface area contributed by atoms with Crippen LogP contribution in [0.15, 0.2) is 53.4 Å². The minimum atomic E-state index is -3.18. The minimum absolute atomic E-state index is 0.246. The van der Waals surface area contributed by atoms with Crippen molar-refractivity contribution in [2.24, 2.45) is 0 Å². The molecule has 0 fully saturated rings. The van der Waals surface area contributed by atoms with Crippen molar-refractivity contribution < 1.29 is 17.5 Å². The molecule has 0 saturated heterocycles. The molecule has 6 heteroatoms. The topological polar surface area (TPSA) is 55.4 Å². The molecule has 0 amide bonds. The zero-order valence-corrected chi connectivity index (χ0v) is 13.1. The molecule has 0 unspecified atom stereocenters. The molecule has 2 rings (SSSR count). The summed E-state index contributed by atoms with van der Waals surface area (Å²) in [4.78, 5) is 0.272. The normalized spacial score (nSPS) is 11.4. The van der Waals surface area contributed by atoms with Gasteiger partial charge in [0.15, 0.2) is 9.84 Å². The SMILES string of the molecule is CS(=O)(=O)c1ccc(OCCNCc2ccc(F)cc2)cc1. The molecule has 0 bridgehead atoms. The van der Waals surface area contributed by atoms with E-state index in [1.165, 1.54) is 30.5 Å². The maximum atomic E-state index is 12.7. The van der Waals surface area contributed by atoms with Gasteiger partial charge in [0.1, 0.15) is 18.2 Å². The van der Waals surface area contributed by atoms with Crippen LogP contribution in [0.5, 0.6) is 5.75 Å². The fourth-order valence-corrected chi connectivity index (χ4v) is 2.49. The quantitative estimate of drug-likeness (QED) is 0.795. The Hall–Kier alpha value is -1.92. The first kappa shape index (κ1) is 16.5. The van der Waals surface area contributed by atoms with Crippen LogP contribution in [-0.4, -0.2) is 27.8 Å². The Morgan fingerprint density at radius 3 is 2.27 bits per heavy atom. The zero-order chi connectivity index (χ0) is 16.0. The highest BCUT2D eigenvalue weighted by Crippen LogP contribution is 2.15. The Labute approximate surface area is 129 Å². The number of sulfone groups is 1. The van der Waals surface area contributed by atoms with Crippen molar-refractivity contribution in [1.82, 2.24) is 5.32 Å². The van der Waals surface area contributed by atoms with E-state index in [1.54, 1.807) is 24.3 Å². The molecule has 0 aliphatic rings. The van der Waals surface area contributed by atoms with Crippen LogP contribution >= 0.6 is 0 Å². The Bertz CT molecular complexity index is 697. The van der Waals surface area contributed by atoms with E-state index in [0.717, 1.165) is 5.56 Å². The molecule has 0 heterocycles. The maximum absolute atomic E-state index is 12.7. The second kappa shape index (κ2) is 7.38. The van der Waals surface area contributed by atoms with Crippen molar-refractivity contribution in [3.05, 3.63) is 59.9 Å². The lowest BCUT2D eigenvalue weighted by Crippen LogP contribution is -2.20. The van der Waals surface area contributed by atoms with Crippen LogP contribution in [-0.2, 0) is 16.4 Å². The molecule has 22 heavy (non-hydrogen) atoms. The van der Waals surface area contributed by atoms with E-state index in [9.17, 15) is 12.8 Å². The van der Waals surface area contributed by atoms with Crippen LogP contribution in [0.3, 0.4) is 0 Å². The zero-order valence-electron chi connectivity index (χ0n) is 12.3. The van der Waals surface area contributed by atoms with E-state index in [1.807, 2.05) is 0 Å². The van der Waals surface area contributed by atoms with E-state index in [-0.39, 0.29) is 10.7 Å².